The van der Waals surface area contributed by atoms with E-state index in [1.165, 1.54) is 0 Å². The summed E-state index contributed by atoms with van der Waals surface area (Å²) in [6.45, 7) is 7.92. The third-order valence-corrected chi connectivity index (χ3v) is 4.49. The van der Waals surface area contributed by atoms with Crippen LogP contribution in [0.25, 0.3) is 0 Å². The first-order chi connectivity index (χ1) is 11.9. The Kier molecular flexibility index (Phi) is 8.62. The van der Waals surface area contributed by atoms with Crippen molar-refractivity contribution in [2.45, 2.75) is 60.0 Å². The third kappa shape index (κ3) is 6.50. The molecule has 0 spiro atoms. The molecule has 0 aliphatic heterocycles. The smallest absolute Gasteiger partial charge is 0.314 e. The maximum absolute atomic E-state index is 12.4. The van der Waals surface area contributed by atoms with Crippen molar-refractivity contribution in [3.8, 4) is 5.75 Å². The average Bonchev–Trinajstić information content (AvgIpc) is 2.62. The van der Waals surface area contributed by atoms with E-state index in [1.54, 1.807) is 31.2 Å². The van der Waals surface area contributed by atoms with Crippen molar-refractivity contribution in [1.82, 2.24) is 0 Å². The highest BCUT2D eigenvalue weighted by molar-refractivity contribution is 5.79. The van der Waals surface area contributed by atoms with Gasteiger partial charge in [-0.1, -0.05) is 39.3 Å². The number of aliphatic hydroxyl groups is 1. The van der Waals surface area contributed by atoms with Gasteiger partial charge < -0.3 is 14.6 Å². The molecule has 2 unspecified atom stereocenters. The first-order valence-electron chi connectivity index (χ1n) is 8.95. The van der Waals surface area contributed by atoms with Crippen LogP contribution < -0.4 is 4.74 Å². The van der Waals surface area contributed by atoms with Crippen LogP contribution in [0.2, 0.25) is 0 Å². The monoisotopic (exact) mass is 350 g/mol. The van der Waals surface area contributed by atoms with Crippen molar-refractivity contribution < 1.29 is 24.2 Å². The van der Waals surface area contributed by atoms with Crippen LogP contribution in [0.3, 0.4) is 0 Å². The number of carbonyl (C=O) groups is 2. The first kappa shape index (κ1) is 21.2. The van der Waals surface area contributed by atoms with Crippen molar-refractivity contribution in [2.75, 3.05) is 6.61 Å². The molecule has 0 aromatic heterocycles. The van der Waals surface area contributed by atoms with E-state index in [0.717, 1.165) is 18.4 Å². The largest absolute Gasteiger partial charge is 0.465 e. The minimum Gasteiger partial charge on any atom is -0.465 e. The van der Waals surface area contributed by atoms with Gasteiger partial charge in [0.15, 0.2) is 0 Å². The van der Waals surface area contributed by atoms with Gasteiger partial charge >= 0.3 is 11.9 Å². The number of benzene rings is 1. The number of ether oxygens (including phenoxy) is 2. The number of hydrogen-bond acceptors (Lipinski definition) is 5. The van der Waals surface area contributed by atoms with Crippen molar-refractivity contribution >= 4 is 11.9 Å². The molecule has 0 aliphatic rings. The van der Waals surface area contributed by atoms with E-state index in [1.807, 2.05) is 20.8 Å². The van der Waals surface area contributed by atoms with Crippen LogP contribution in [-0.2, 0) is 20.9 Å². The van der Waals surface area contributed by atoms with Crippen LogP contribution in [0.1, 0.15) is 58.9 Å². The molecule has 140 valence electrons. The Bertz CT molecular complexity index is 552. The molecule has 5 heteroatoms. The van der Waals surface area contributed by atoms with Gasteiger partial charge in [0, 0.05) is 0 Å². The second kappa shape index (κ2) is 10.2. The molecule has 0 aliphatic carbocycles. The lowest BCUT2D eigenvalue weighted by atomic mass is 9.79. The molecule has 1 rings (SSSR count). The average molecular weight is 350 g/mol. The van der Waals surface area contributed by atoms with Crippen LogP contribution in [0.4, 0.5) is 0 Å². The van der Waals surface area contributed by atoms with Crippen LogP contribution in [0, 0.1) is 11.3 Å². The highest BCUT2D eigenvalue weighted by Gasteiger charge is 2.36. The molecule has 0 saturated carbocycles. The fraction of sp³-hybridized carbons (Fsp3) is 0.600. The molecular weight excluding hydrogens is 320 g/mol. The number of hydrogen-bond donors (Lipinski definition) is 1. The summed E-state index contributed by atoms with van der Waals surface area (Å²) in [5, 5.41) is 9.03. The van der Waals surface area contributed by atoms with E-state index in [-0.39, 0.29) is 18.5 Å². The molecule has 0 heterocycles. The maximum Gasteiger partial charge on any atom is 0.314 e. The van der Waals surface area contributed by atoms with E-state index >= 15 is 0 Å². The van der Waals surface area contributed by atoms with Gasteiger partial charge in [0.05, 0.1) is 24.5 Å². The number of aliphatic hydroxyl groups excluding tert-OH is 1. The lowest BCUT2D eigenvalue weighted by molar-refractivity contribution is -0.157. The van der Waals surface area contributed by atoms with Gasteiger partial charge in [0.25, 0.3) is 0 Å². The Labute approximate surface area is 150 Å². The summed E-state index contributed by atoms with van der Waals surface area (Å²) >= 11 is 0. The van der Waals surface area contributed by atoms with Gasteiger partial charge in [-0.3, -0.25) is 9.59 Å². The quantitative estimate of drug-likeness (QED) is 0.394. The zero-order valence-electron chi connectivity index (χ0n) is 15.7. The standard InChI is InChI=1S/C20H30O5/c1-5-7-12-24-19(23)20(4,6-2)13-15(3)18(22)25-17-10-8-16(14-21)9-11-17/h8-11,15,21H,5-7,12-14H2,1-4H3. The van der Waals surface area contributed by atoms with Gasteiger partial charge in [0.2, 0.25) is 0 Å². The Balaban J connectivity index is 2.64. The molecule has 25 heavy (non-hydrogen) atoms. The highest BCUT2D eigenvalue weighted by Crippen LogP contribution is 2.32. The first-order valence-corrected chi connectivity index (χ1v) is 8.95. The number of carbonyl (C=O) groups excluding carboxylic acids is 2. The van der Waals surface area contributed by atoms with Gasteiger partial charge in [-0.25, -0.2) is 0 Å². The molecule has 0 bridgehead atoms. The molecule has 0 saturated heterocycles. The molecule has 5 nitrogen and oxygen atoms in total. The summed E-state index contributed by atoms with van der Waals surface area (Å²) < 4.78 is 10.7. The van der Waals surface area contributed by atoms with E-state index in [4.69, 9.17) is 14.6 Å². The van der Waals surface area contributed by atoms with Gasteiger partial charge in [0.1, 0.15) is 5.75 Å². The number of rotatable bonds is 10. The fourth-order valence-electron chi connectivity index (χ4n) is 2.49. The van der Waals surface area contributed by atoms with E-state index in [9.17, 15) is 9.59 Å². The fourth-order valence-corrected chi connectivity index (χ4v) is 2.49. The Morgan fingerprint density at radius 2 is 1.84 bits per heavy atom. The predicted molar refractivity (Wildman–Crippen MR) is 96.0 cm³/mol. The number of esters is 2. The summed E-state index contributed by atoms with van der Waals surface area (Å²) in [6.07, 6.45) is 2.78. The summed E-state index contributed by atoms with van der Waals surface area (Å²) in [6, 6.07) is 6.70. The lowest BCUT2D eigenvalue weighted by Crippen LogP contribution is -2.34. The van der Waals surface area contributed by atoms with E-state index < -0.39 is 11.3 Å². The topological polar surface area (TPSA) is 72.8 Å². The Morgan fingerprint density at radius 3 is 2.36 bits per heavy atom. The van der Waals surface area contributed by atoms with Crippen LogP contribution in [0.5, 0.6) is 5.75 Å². The molecule has 1 aromatic rings. The Hall–Kier alpha value is -1.88. The van der Waals surface area contributed by atoms with Crippen molar-refractivity contribution in [3.63, 3.8) is 0 Å². The summed E-state index contributed by atoms with van der Waals surface area (Å²) in [5.74, 6) is -0.632. The van der Waals surface area contributed by atoms with E-state index in [0.29, 0.717) is 25.2 Å². The lowest BCUT2D eigenvalue weighted by Gasteiger charge is -2.28. The van der Waals surface area contributed by atoms with Crippen molar-refractivity contribution in [2.24, 2.45) is 11.3 Å². The predicted octanol–water partition coefficient (Wildman–Crippen LogP) is 3.87. The minimum absolute atomic E-state index is 0.0559. The summed E-state index contributed by atoms with van der Waals surface area (Å²) in [5.41, 5.74) is 0.0497. The summed E-state index contributed by atoms with van der Waals surface area (Å²) in [4.78, 5) is 24.7. The maximum atomic E-state index is 12.4. The molecule has 0 radical (unpaired) electrons. The molecule has 2 atom stereocenters. The van der Waals surface area contributed by atoms with Crippen molar-refractivity contribution in [1.29, 1.82) is 0 Å². The van der Waals surface area contributed by atoms with Crippen LogP contribution >= 0.6 is 0 Å². The normalized spacial score (nSPS) is 14.4. The van der Waals surface area contributed by atoms with Crippen molar-refractivity contribution in [3.05, 3.63) is 29.8 Å². The van der Waals surface area contributed by atoms with Gasteiger partial charge in [-0.15, -0.1) is 0 Å². The second-order valence-corrected chi connectivity index (χ2v) is 6.73. The third-order valence-electron chi connectivity index (χ3n) is 4.49. The van der Waals surface area contributed by atoms with E-state index in [2.05, 4.69) is 0 Å². The summed E-state index contributed by atoms with van der Waals surface area (Å²) in [7, 11) is 0. The molecule has 0 fully saturated rings. The van der Waals surface area contributed by atoms with Gasteiger partial charge in [-0.2, -0.15) is 0 Å². The zero-order chi connectivity index (χ0) is 18.9. The van der Waals surface area contributed by atoms with Gasteiger partial charge in [-0.05, 0) is 43.9 Å². The van der Waals surface area contributed by atoms with Crippen LogP contribution in [-0.4, -0.2) is 23.7 Å². The molecule has 0 amide bonds. The highest BCUT2D eigenvalue weighted by atomic mass is 16.5. The molecule has 1 aromatic carbocycles. The molecule has 1 N–H and O–H groups in total. The second-order valence-electron chi connectivity index (χ2n) is 6.73. The Morgan fingerprint density at radius 1 is 1.20 bits per heavy atom. The molecular formula is C20H30O5. The SMILES string of the molecule is CCCCOC(=O)C(C)(CC)CC(C)C(=O)Oc1ccc(CO)cc1. The van der Waals surface area contributed by atoms with Crippen LogP contribution in [0.15, 0.2) is 24.3 Å². The number of unbranched alkanes of at least 4 members (excludes halogenated alkanes) is 1. The minimum atomic E-state index is -0.701. The zero-order valence-corrected chi connectivity index (χ0v) is 15.7.